The Kier molecular flexibility index (Phi) is 8.30. The van der Waals surface area contributed by atoms with Crippen molar-refractivity contribution >= 4 is 24.7 Å². The molecule has 1 saturated carbocycles. The van der Waals surface area contributed by atoms with Gasteiger partial charge in [-0.25, -0.2) is 0 Å². The van der Waals surface area contributed by atoms with E-state index in [4.69, 9.17) is 0 Å². The number of allylic oxidation sites excluding steroid dienone is 2. The number of benzene rings is 3. The Morgan fingerprint density at radius 2 is 0.974 bits per heavy atom. The second kappa shape index (κ2) is 11.4. The van der Waals surface area contributed by atoms with Crippen LogP contribution in [-0.4, -0.2) is 21.1 Å². The predicted octanol–water partition coefficient (Wildman–Crippen LogP) is 10.2. The van der Waals surface area contributed by atoms with Crippen LogP contribution in [-0.2, 0) is 0 Å². The molecule has 5 rings (SSSR count). The Morgan fingerprint density at radius 1 is 0.553 bits per heavy atom. The van der Waals surface area contributed by atoms with E-state index in [1.165, 1.54) is 35.1 Å². The first kappa shape index (κ1) is 27.8. The van der Waals surface area contributed by atoms with Crippen molar-refractivity contribution in [3.8, 4) is 22.3 Å². The summed E-state index contributed by atoms with van der Waals surface area (Å²) in [6.45, 7) is 19.0. The van der Waals surface area contributed by atoms with Crippen molar-refractivity contribution in [2.45, 2.75) is 95.8 Å². The first-order valence-electron chi connectivity index (χ1n) is 15.0. The summed E-state index contributed by atoms with van der Waals surface area (Å²) in [7, 11) is 0. The molecule has 198 valence electrons. The fourth-order valence-electron chi connectivity index (χ4n) is 6.98. The van der Waals surface area contributed by atoms with E-state index < -0.39 is 21.1 Å². The van der Waals surface area contributed by atoms with E-state index in [-0.39, 0.29) is 0 Å². The molecule has 1 heteroatoms. The predicted molar refractivity (Wildman–Crippen MR) is 168 cm³/mol. The van der Waals surface area contributed by atoms with Crippen molar-refractivity contribution in [1.29, 1.82) is 0 Å². The standard InChI is InChI=1S/C30H37.C7H9.Sn/c1-19(2)25-14-10-15-26(20(3)4)29(25)23-12-9-13-24(18-23)30-27(21(5)6)16-11-17-28(30)22(7)8;1-2-7-4-3-6(1)5-7;/h9-17,19-22H,1-8H3;1-3,6-7H,4-5H2;. The number of hydrogen-bond acceptors (Lipinski definition) is 0. The first-order chi connectivity index (χ1) is 18.2. The average Bonchev–Trinajstić information content (AvgIpc) is 3.51. The Labute approximate surface area is 242 Å². The molecule has 0 spiro atoms. The molecule has 38 heavy (non-hydrogen) atoms. The Morgan fingerprint density at radius 3 is 1.32 bits per heavy atom. The molecule has 3 aromatic rings. The number of hydrogen-bond donors (Lipinski definition) is 0. The van der Waals surface area contributed by atoms with Crippen molar-refractivity contribution in [3.63, 3.8) is 0 Å². The van der Waals surface area contributed by atoms with E-state index in [1.54, 1.807) is 25.8 Å². The van der Waals surface area contributed by atoms with E-state index in [1.807, 2.05) is 0 Å². The van der Waals surface area contributed by atoms with Crippen LogP contribution >= 0.6 is 0 Å². The fourth-order valence-corrected chi connectivity index (χ4v) is 12.6. The van der Waals surface area contributed by atoms with Crippen LogP contribution in [0.2, 0.25) is 3.93 Å². The zero-order chi connectivity index (χ0) is 27.1. The Hall–Kier alpha value is -1.80. The first-order valence-corrected chi connectivity index (χ1v) is 18.1. The van der Waals surface area contributed by atoms with E-state index in [9.17, 15) is 0 Å². The van der Waals surface area contributed by atoms with Crippen LogP contribution in [0.4, 0.5) is 0 Å². The molecule has 2 aliphatic rings. The zero-order valence-electron chi connectivity index (χ0n) is 24.8. The summed E-state index contributed by atoms with van der Waals surface area (Å²) in [5, 5.41) is 0. The van der Waals surface area contributed by atoms with Gasteiger partial charge in [0.05, 0.1) is 0 Å². The third-order valence-electron chi connectivity index (χ3n) is 8.96. The van der Waals surface area contributed by atoms with Crippen LogP contribution in [0, 0.1) is 11.8 Å². The molecular weight excluding hydrogens is 563 g/mol. The molecule has 0 heterocycles. The third-order valence-corrected chi connectivity index (χ3v) is 14.3. The molecule has 2 aliphatic carbocycles. The van der Waals surface area contributed by atoms with Gasteiger partial charge in [0.1, 0.15) is 0 Å². The molecule has 2 bridgehead atoms. The molecule has 0 saturated heterocycles. The van der Waals surface area contributed by atoms with Gasteiger partial charge in [-0.2, -0.15) is 0 Å². The molecule has 0 N–H and O–H groups in total. The van der Waals surface area contributed by atoms with Gasteiger partial charge in [-0.1, -0.05) is 0 Å². The van der Waals surface area contributed by atoms with E-state index in [2.05, 4.69) is 122 Å². The van der Waals surface area contributed by atoms with Gasteiger partial charge < -0.3 is 0 Å². The average molecular weight is 609 g/mol. The maximum atomic E-state index is 2.57. The van der Waals surface area contributed by atoms with Gasteiger partial charge in [0.2, 0.25) is 0 Å². The van der Waals surface area contributed by atoms with Crippen LogP contribution in [0.1, 0.15) is 114 Å². The molecule has 0 nitrogen and oxygen atoms in total. The van der Waals surface area contributed by atoms with Gasteiger partial charge in [-0.3, -0.25) is 0 Å². The fraction of sp³-hybridized carbons (Fsp3) is 0.459. The van der Waals surface area contributed by atoms with Gasteiger partial charge >= 0.3 is 244 Å². The van der Waals surface area contributed by atoms with E-state index in [0.717, 1.165) is 15.8 Å². The molecule has 0 aliphatic heterocycles. The second-order valence-electron chi connectivity index (χ2n) is 13.0. The van der Waals surface area contributed by atoms with E-state index >= 15 is 0 Å². The van der Waals surface area contributed by atoms with Crippen LogP contribution in [0.15, 0.2) is 66.7 Å². The van der Waals surface area contributed by atoms with Gasteiger partial charge in [0.25, 0.3) is 0 Å². The minimum absolute atomic E-state index is 0.505. The monoisotopic (exact) mass is 610 g/mol. The van der Waals surface area contributed by atoms with Crippen molar-refractivity contribution < 1.29 is 0 Å². The second-order valence-corrected chi connectivity index (χ2v) is 17.4. The third kappa shape index (κ3) is 5.19. The summed E-state index contributed by atoms with van der Waals surface area (Å²) >= 11 is -0.901. The minimum atomic E-state index is -0.901. The molecule has 3 unspecified atom stereocenters. The number of fused-ring (bicyclic) bond motifs is 2. The molecule has 1 fully saturated rings. The topological polar surface area (TPSA) is 0 Å². The SMILES string of the molecule is CC(C)c1cccc(C(C)C)c1-c1cccc(-c2c(C(C)C)cccc2C(C)C)[c]1[Sn][CH]1CC2C=CC1C2. The molecule has 2 radical (unpaired) electrons. The van der Waals surface area contributed by atoms with Crippen LogP contribution in [0.3, 0.4) is 0 Å². The summed E-state index contributed by atoms with van der Waals surface area (Å²) in [5.41, 5.74) is 12.3. The molecule has 3 aromatic carbocycles. The Bertz CT molecular complexity index is 1190. The van der Waals surface area contributed by atoms with Crippen molar-refractivity contribution in [2.24, 2.45) is 11.8 Å². The molecule has 0 aromatic heterocycles. The maximum absolute atomic E-state index is 2.57. The zero-order valence-corrected chi connectivity index (χ0v) is 27.7. The molecule has 3 atom stereocenters. The number of rotatable bonds is 8. The van der Waals surface area contributed by atoms with Gasteiger partial charge in [0.15, 0.2) is 0 Å². The van der Waals surface area contributed by atoms with Crippen molar-refractivity contribution in [2.75, 3.05) is 0 Å². The molecule has 0 amide bonds. The summed E-state index contributed by atoms with van der Waals surface area (Å²) in [6, 6.07) is 21.5. The van der Waals surface area contributed by atoms with Crippen LogP contribution in [0.25, 0.3) is 22.3 Å². The summed E-state index contributed by atoms with van der Waals surface area (Å²) in [4.78, 5) is 0. The summed E-state index contributed by atoms with van der Waals surface area (Å²) in [5.74, 6) is 3.68. The van der Waals surface area contributed by atoms with Crippen molar-refractivity contribution in [1.82, 2.24) is 0 Å². The summed E-state index contributed by atoms with van der Waals surface area (Å²) in [6.07, 6.45) is 7.92. The van der Waals surface area contributed by atoms with Gasteiger partial charge in [-0.05, 0) is 0 Å². The van der Waals surface area contributed by atoms with Crippen LogP contribution in [0.5, 0.6) is 0 Å². The van der Waals surface area contributed by atoms with Crippen LogP contribution < -0.4 is 3.58 Å². The van der Waals surface area contributed by atoms with Crippen molar-refractivity contribution in [3.05, 3.63) is 89.0 Å². The van der Waals surface area contributed by atoms with Gasteiger partial charge in [-0.15, -0.1) is 0 Å². The molecular formula is C37H46Sn. The van der Waals surface area contributed by atoms with E-state index in [0.29, 0.717) is 23.7 Å². The Balaban J connectivity index is 1.82. The van der Waals surface area contributed by atoms with Gasteiger partial charge in [0, 0.05) is 0 Å². The normalized spacial score (nSPS) is 20.6. The summed E-state index contributed by atoms with van der Waals surface area (Å²) < 4.78 is 2.67. The quantitative estimate of drug-likeness (QED) is 0.176.